The number of nitrogens with one attached hydrogen (secondary N) is 2. The highest BCUT2D eigenvalue weighted by atomic mass is 32.2. The van der Waals surface area contributed by atoms with E-state index in [1.807, 2.05) is 18.2 Å². The lowest BCUT2D eigenvalue weighted by Crippen LogP contribution is -2.45. The van der Waals surface area contributed by atoms with Gasteiger partial charge in [0, 0.05) is 41.6 Å². The normalized spacial score (nSPS) is 28.6. The number of piperidine rings is 1. The van der Waals surface area contributed by atoms with E-state index in [1.54, 1.807) is 13.2 Å². The molecule has 4 atom stereocenters. The molecule has 2 saturated heterocycles. The summed E-state index contributed by atoms with van der Waals surface area (Å²) in [5.74, 6) is 1.18. The Morgan fingerprint density at radius 2 is 1.80 bits per heavy atom. The van der Waals surface area contributed by atoms with Gasteiger partial charge in [-0.05, 0) is 105 Å². The van der Waals surface area contributed by atoms with Crippen molar-refractivity contribution in [3.8, 4) is 17.0 Å². The third kappa shape index (κ3) is 4.24. The Morgan fingerprint density at radius 1 is 0.978 bits per heavy atom. The van der Waals surface area contributed by atoms with Crippen LogP contribution in [0.4, 0.5) is 0 Å². The standard InChI is InChI=1S/C36H42N4O5S/c1-45-24-10-14-26-28(17-24)29-18-36(29,35(42)39-19-23-8-5-15-37-30(23)20-39)40-31-16-22(34(41)38-46(43,44)25-11-12-25)9-13-27(31)32(33(26)40)21-6-3-2-4-7-21/h9-10,13-14,16-17,21,23,25,29-30,37H,2-8,11-12,15,18-20H2,1H3,(H,38,41). The summed E-state index contributed by atoms with van der Waals surface area (Å²) < 4.78 is 35.8. The Kier molecular flexibility index (Phi) is 6.46. The van der Waals surface area contributed by atoms with Gasteiger partial charge < -0.3 is 19.5 Å². The SMILES string of the molecule is COc1ccc2c(c1)C1CC1(C(=O)N1CC3CCCNC3C1)n1c-2c(C2CCCCC2)c2ccc(C(=O)NS(=O)(=O)C3CC3)cc21. The quantitative estimate of drug-likeness (QED) is 0.392. The van der Waals surface area contributed by atoms with Crippen LogP contribution in [-0.2, 0) is 20.4 Å². The van der Waals surface area contributed by atoms with Crippen LogP contribution >= 0.6 is 0 Å². The van der Waals surface area contributed by atoms with Crippen LogP contribution in [0.2, 0.25) is 0 Å². The van der Waals surface area contributed by atoms with Gasteiger partial charge in [0.1, 0.15) is 11.3 Å². The summed E-state index contributed by atoms with van der Waals surface area (Å²) in [6, 6.07) is 12.3. The molecule has 0 spiro atoms. The number of nitrogens with zero attached hydrogens (tertiary/aromatic N) is 2. The van der Waals surface area contributed by atoms with Gasteiger partial charge in [0.25, 0.3) is 5.91 Å². The molecule has 4 unspecified atom stereocenters. The van der Waals surface area contributed by atoms with E-state index in [9.17, 15) is 13.2 Å². The molecule has 3 aliphatic heterocycles. The predicted octanol–water partition coefficient (Wildman–Crippen LogP) is 4.99. The van der Waals surface area contributed by atoms with Crippen LogP contribution in [-0.4, -0.2) is 67.7 Å². The first-order chi connectivity index (χ1) is 22.3. The minimum absolute atomic E-state index is 0.00396. The van der Waals surface area contributed by atoms with Gasteiger partial charge in [-0.3, -0.25) is 9.59 Å². The molecular weight excluding hydrogens is 600 g/mol. The van der Waals surface area contributed by atoms with Crippen molar-refractivity contribution in [3.63, 3.8) is 0 Å². The zero-order valence-electron chi connectivity index (χ0n) is 26.4. The third-order valence-electron chi connectivity index (χ3n) is 12.0. The van der Waals surface area contributed by atoms with E-state index in [2.05, 4.69) is 31.6 Å². The molecule has 6 aliphatic rings. The number of methoxy groups -OCH3 is 1. The van der Waals surface area contributed by atoms with Crippen LogP contribution in [0.15, 0.2) is 36.4 Å². The number of sulfonamides is 1. The van der Waals surface area contributed by atoms with E-state index in [4.69, 9.17) is 4.74 Å². The second kappa shape index (κ2) is 10.3. The van der Waals surface area contributed by atoms with Gasteiger partial charge in [-0.1, -0.05) is 25.3 Å². The molecule has 46 heavy (non-hydrogen) atoms. The van der Waals surface area contributed by atoms with Crippen LogP contribution in [0.25, 0.3) is 22.2 Å². The van der Waals surface area contributed by atoms with Crippen molar-refractivity contribution in [2.75, 3.05) is 26.7 Å². The smallest absolute Gasteiger partial charge is 0.264 e. The zero-order chi connectivity index (χ0) is 31.4. The lowest BCUT2D eigenvalue weighted by Gasteiger charge is -2.33. The van der Waals surface area contributed by atoms with Crippen LogP contribution < -0.4 is 14.8 Å². The molecular formula is C36H42N4O5S. The van der Waals surface area contributed by atoms with E-state index in [-0.39, 0.29) is 11.8 Å². The van der Waals surface area contributed by atoms with Crippen LogP contribution in [0.5, 0.6) is 5.75 Å². The second-order valence-corrected chi connectivity index (χ2v) is 16.6. The molecule has 2 aromatic carbocycles. The largest absolute Gasteiger partial charge is 0.497 e. The highest BCUT2D eigenvalue weighted by molar-refractivity contribution is 7.91. The van der Waals surface area contributed by atoms with E-state index in [0.717, 1.165) is 73.2 Å². The molecule has 3 saturated carbocycles. The fourth-order valence-electron chi connectivity index (χ4n) is 9.45. The molecule has 2 N–H and O–H groups in total. The lowest BCUT2D eigenvalue weighted by molar-refractivity contribution is -0.135. The summed E-state index contributed by atoms with van der Waals surface area (Å²) in [6.45, 7) is 2.49. The van der Waals surface area contributed by atoms with Gasteiger partial charge in [-0.25, -0.2) is 13.1 Å². The molecule has 242 valence electrons. The first kappa shape index (κ1) is 28.8. The number of benzene rings is 2. The summed E-state index contributed by atoms with van der Waals surface area (Å²) in [6.07, 6.45) is 9.89. The van der Waals surface area contributed by atoms with E-state index < -0.39 is 26.7 Å². The molecule has 0 bridgehead atoms. The number of amides is 2. The van der Waals surface area contributed by atoms with Crippen molar-refractivity contribution < 1.29 is 22.7 Å². The molecule has 9 nitrogen and oxygen atoms in total. The van der Waals surface area contributed by atoms with Gasteiger partial charge >= 0.3 is 0 Å². The van der Waals surface area contributed by atoms with Crippen molar-refractivity contribution in [3.05, 3.63) is 53.1 Å². The van der Waals surface area contributed by atoms with E-state index in [0.29, 0.717) is 42.7 Å². The maximum Gasteiger partial charge on any atom is 0.264 e. The fourth-order valence-corrected chi connectivity index (χ4v) is 10.7. The Hall–Kier alpha value is -3.37. The average molecular weight is 643 g/mol. The number of hydrogen-bond donors (Lipinski definition) is 2. The molecule has 3 aliphatic carbocycles. The van der Waals surface area contributed by atoms with Crippen molar-refractivity contribution in [2.45, 2.75) is 92.9 Å². The molecule has 9 rings (SSSR count). The van der Waals surface area contributed by atoms with Crippen LogP contribution in [0, 0.1) is 5.92 Å². The molecule has 2 amide bonds. The topological polar surface area (TPSA) is 110 Å². The average Bonchev–Trinajstić information content (AvgIpc) is 3.99. The number of carbonyl (C=O) groups excluding carboxylic acids is 2. The Labute approximate surface area is 270 Å². The number of ether oxygens (including phenoxy) is 1. The molecule has 5 fully saturated rings. The number of fused-ring (bicyclic) bond motifs is 9. The predicted molar refractivity (Wildman–Crippen MR) is 176 cm³/mol. The summed E-state index contributed by atoms with van der Waals surface area (Å²) in [7, 11) is -2.01. The van der Waals surface area contributed by atoms with Gasteiger partial charge in [0.05, 0.1) is 23.6 Å². The van der Waals surface area contributed by atoms with Gasteiger partial charge in [0.15, 0.2) is 0 Å². The maximum absolute atomic E-state index is 15.0. The summed E-state index contributed by atoms with van der Waals surface area (Å²) in [5.41, 5.74) is 5.06. The molecule has 1 aromatic heterocycles. The maximum atomic E-state index is 15.0. The van der Waals surface area contributed by atoms with Crippen molar-refractivity contribution in [2.24, 2.45) is 5.92 Å². The van der Waals surface area contributed by atoms with Crippen LogP contribution in [0.1, 0.15) is 97.5 Å². The first-order valence-electron chi connectivity index (χ1n) is 17.3. The van der Waals surface area contributed by atoms with Gasteiger partial charge in [0.2, 0.25) is 15.9 Å². The van der Waals surface area contributed by atoms with E-state index >= 15 is 4.79 Å². The number of hydrogen-bond acceptors (Lipinski definition) is 6. The molecule has 0 radical (unpaired) electrons. The summed E-state index contributed by atoms with van der Waals surface area (Å²) in [4.78, 5) is 30.6. The van der Waals surface area contributed by atoms with Gasteiger partial charge in [-0.2, -0.15) is 0 Å². The highest BCUT2D eigenvalue weighted by Crippen LogP contribution is 2.67. The molecule has 3 aromatic rings. The first-order valence-corrected chi connectivity index (χ1v) is 18.8. The Morgan fingerprint density at radius 3 is 2.57 bits per heavy atom. The minimum atomic E-state index is -3.70. The molecule has 10 heteroatoms. The fraction of sp³-hybridized carbons (Fsp3) is 0.556. The van der Waals surface area contributed by atoms with Crippen molar-refractivity contribution >= 4 is 32.7 Å². The molecule has 4 heterocycles. The third-order valence-corrected chi connectivity index (χ3v) is 13.8. The monoisotopic (exact) mass is 642 g/mol. The van der Waals surface area contributed by atoms with Crippen LogP contribution in [0.3, 0.4) is 0 Å². The number of rotatable bonds is 6. The summed E-state index contributed by atoms with van der Waals surface area (Å²) >= 11 is 0. The number of carbonyl (C=O) groups is 2. The Bertz CT molecular complexity index is 1880. The Balaban J connectivity index is 1.24. The minimum Gasteiger partial charge on any atom is -0.497 e. The summed E-state index contributed by atoms with van der Waals surface area (Å²) in [5, 5.41) is 4.25. The van der Waals surface area contributed by atoms with E-state index in [1.165, 1.54) is 30.4 Å². The zero-order valence-corrected chi connectivity index (χ0v) is 27.2. The van der Waals surface area contributed by atoms with Gasteiger partial charge in [-0.15, -0.1) is 0 Å². The van der Waals surface area contributed by atoms with Crippen molar-refractivity contribution in [1.82, 2.24) is 19.5 Å². The van der Waals surface area contributed by atoms with Crippen molar-refractivity contribution in [1.29, 1.82) is 0 Å². The number of likely N-dealkylation sites (tertiary alicyclic amines) is 1. The lowest BCUT2D eigenvalue weighted by atomic mass is 9.80. The second-order valence-electron chi connectivity index (χ2n) is 14.6. The highest BCUT2D eigenvalue weighted by Gasteiger charge is 2.67. The number of aromatic nitrogens is 1.